The first-order valence-electron chi connectivity index (χ1n) is 22.1. The van der Waals surface area contributed by atoms with E-state index in [1.54, 1.807) is 0 Å². The average Bonchev–Trinajstić information content (AvgIpc) is 3.89. The fourth-order valence-electron chi connectivity index (χ4n) is 9.33. The number of aromatic nitrogens is 2. The Morgan fingerprint density at radius 1 is 0.288 bits per heavy atom. The van der Waals surface area contributed by atoms with E-state index in [1.165, 1.54) is 55.1 Å². The standard InChI is InChI=1S/C30H22BNO2.C30H20BrN/c33-31(34)25-18-23(21-9-3-1-4-10-21)17-24(19-25)22-15-16-30-28(20-22)27-13-7-8-14-29(27)32(30)26-11-5-2-6-12-26;31-25-18-23(21-9-3-1-4-10-21)17-24(19-25)22-15-16-30-28(20-22)27-13-7-8-14-29(27)32(30)26-11-5-2-6-12-26/h1-20,33-34H;1-20H. The number of para-hydroxylation sites is 4. The summed E-state index contributed by atoms with van der Waals surface area (Å²) in [5.74, 6) is 0. The van der Waals surface area contributed by atoms with Gasteiger partial charge in [0.05, 0.1) is 22.1 Å². The second-order valence-corrected chi connectivity index (χ2v) is 17.4. The zero-order valence-electron chi connectivity index (χ0n) is 35.8. The molecule has 0 fully saturated rings. The Kier molecular flexibility index (Phi) is 11.0. The first-order chi connectivity index (χ1) is 32.5. The van der Waals surface area contributed by atoms with Gasteiger partial charge in [-0.3, -0.25) is 0 Å². The maximum atomic E-state index is 9.96. The molecule has 0 spiro atoms. The molecule has 0 aliphatic carbocycles. The van der Waals surface area contributed by atoms with Crippen molar-refractivity contribution in [3.8, 4) is 55.9 Å². The summed E-state index contributed by atoms with van der Waals surface area (Å²) in [6, 6.07) is 84.4. The molecule has 2 N–H and O–H groups in total. The first-order valence-corrected chi connectivity index (χ1v) is 22.9. The van der Waals surface area contributed by atoms with Crippen LogP contribution >= 0.6 is 15.9 Å². The third-order valence-electron chi connectivity index (χ3n) is 12.4. The van der Waals surface area contributed by atoms with Crippen molar-refractivity contribution < 1.29 is 10.0 Å². The number of benzene rings is 10. The predicted molar refractivity (Wildman–Crippen MR) is 281 cm³/mol. The highest BCUT2D eigenvalue weighted by Crippen LogP contribution is 2.38. The van der Waals surface area contributed by atoms with E-state index < -0.39 is 7.12 Å². The van der Waals surface area contributed by atoms with Crippen molar-refractivity contribution >= 4 is 72.1 Å². The van der Waals surface area contributed by atoms with Crippen molar-refractivity contribution in [2.45, 2.75) is 0 Å². The number of halogens is 1. The van der Waals surface area contributed by atoms with Crippen molar-refractivity contribution in [1.29, 1.82) is 0 Å². The molecule has 6 heteroatoms. The molecule has 0 unspecified atom stereocenters. The van der Waals surface area contributed by atoms with Gasteiger partial charge in [0.2, 0.25) is 0 Å². The van der Waals surface area contributed by atoms with Gasteiger partial charge in [0.1, 0.15) is 0 Å². The fraction of sp³-hybridized carbons (Fsp3) is 0. The Hall–Kier alpha value is -7.74. The van der Waals surface area contributed by atoms with Gasteiger partial charge in [-0.25, -0.2) is 0 Å². The minimum absolute atomic E-state index is 0.475. The van der Waals surface area contributed by atoms with Gasteiger partial charge < -0.3 is 19.2 Å². The van der Waals surface area contributed by atoms with E-state index in [0.29, 0.717) is 5.46 Å². The van der Waals surface area contributed by atoms with E-state index in [1.807, 2.05) is 48.5 Å². The highest BCUT2D eigenvalue weighted by Gasteiger charge is 2.18. The molecule has 4 nitrogen and oxygen atoms in total. The van der Waals surface area contributed by atoms with E-state index in [9.17, 15) is 10.0 Å². The molecule has 0 bridgehead atoms. The lowest BCUT2D eigenvalue weighted by atomic mass is 9.77. The van der Waals surface area contributed by atoms with Crippen LogP contribution in [-0.2, 0) is 0 Å². The molecule has 0 aliphatic rings. The summed E-state index contributed by atoms with van der Waals surface area (Å²) in [5.41, 5.74) is 16.3. The molecule has 0 amide bonds. The minimum Gasteiger partial charge on any atom is -0.423 e. The van der Waals surface area contributed by atoms with Crippen molar-refractivity contribution in [3.05, 3.63) is 247 Å². The molecular formula is C60H42BBrN2O2. The summed E-state index contributed by atoms with van der Waals surface area (Å²) in [7, 11) is -1.54. The normalized spacial score (nSPS) is 11.3. The average molecular weight is 914 g/mol. The Morgan fingerprint density at radius 2 is 0.636 bits per heavy atom. The molecular weight excluding hydrogens is 871 g/mol. The van der Waals surface area contributed by atoms with E-state index in [-0.39, 0.29) is 0 Å². The number of fused-ring (bicyclic) bond motifs is 6. The molecule has 66 heavy (non-hydrogen) atoms. The maximum Gasteiger partial charge on any atom is 0.488 e. The van der Waals surface area contributed by atoms with Gasteiger partial charge in [-0.15, -0.1) is 0 Å². The van der Waals surface area contributed by atoms with Crippen LogP contribution in [0.4, 0.5) is 0 Å². The molecule has 12 aromatic rings. The van der Waals surface area contributed by atoms with E-state index in [4.69, 9.17) is 0 Å². The number of hydrogen-bond acceptors (Lipinski definition) is 2. The van der Waals surface area contributed by atoms with Crippen molar-refractivity contribution in [3.63, 3.8) is 0 Å². The van der Waals surface area contributed by atoms with Crippen molar-refractivity contribution in [2.75, 3.05) is 0 Å². The zero-order valence-corrected chi connectivity index (χ0v) is 37.4. The van der Waals surface area contributed by atoms with Crippen LogP contribution in [-0.4, -0.2) is 26.3 Å². The second-order valence-electron chi connectivity index (χ2n) is 16.5. The molecule has 0 aliphatic heterocycles. The third-order valence-corrected chi connectivity index (χ3v) is 12.9. The largest absolute Gasteiger partial charge is 0.488 e. The maximum absolute atomic E-state index is 9.96. The van der Waals surface area contributed by atoms with Gasteiger partial charge in [-0.05, 0) is 135 Å². The Balaban J connectivity index is 0.000000146. The lowest BCUT2D eigenvalue weighted by Gasteiger charge is -2.11. The van der Waals surface area contributed by atoms with Crippen LogP contribution in [0.2, 0.25) is 0 Å². The Labute approximate surface area is 392 Å². The monoisotopic (exact) mass is 912 g/mol. The van der Waals surface area contributed by atoms with Gasteiger partial charge in [0.25, 0.3) is 0 Å². The van der Waals surface area contributed by atoms with Crippen LogP contribution in [0.15, 0.2) is 247 Å². The van der Waals surface area contributed by atoms with Gasteiger partial charge in [-0.2, -0.15) is 0 Å². The van der Waals surface area contributed by atoms with Gasteiger partial charge in [0, 0.05) is 37.4 Å². The predicted octanol–water partition coefficient (Wildman–Crippen LogP) is 14.7. The zero-order chi connectivity index (χ0) is 44.6. The minimum atomic E-state index is -1.54. The highest BCUT2D eigenvalue weighted by atomic mass is 79.9. The summed E-state index contributed by atoms with van der Waals surface area (Å²) < 4.78 is 5.73. The number of rotatable bonds is 7. The lowest BCUT2D eigenvalue weighted by Crippen LogP contribution is -2.29. The van der Waals surface area contributed by atoms with Gasteiger partial charge in [-0.1, -0.05) is 174 Å². The Morgan fingerprint density at radius 3 is 1.08 bits per heavy atom. The molecule has 0 atom stereocenters. The summed E-state index contributed by atoms with van der Waals surface area (Å²) >= 11 is 3.73. The van der Waals surface area contributed by atoms with Gasteiger partial charge >= 0.3 is 7.12 Å². The van der Waals surface area contributed by atoms with Crippen LogP contribution in [0.25, 0.3) is 99.5 Å². The summed E-state index contributed by atoms with van der Waals surface area (Å²) in [4.78, 5) is 0. The smallest absolute Gasteiger partial charge is 0.423 e. The lowest BCUT2D eigenvalue weighted by molar-refractivity contribution is 0.426. The molecule has 10 aromatic carbocycles. The van der Waals surface area contributed by atoms with Crippen LogP contribution in [0.3, 0.4) is 0 Å². The fourth-order valence-corrected chi connectivity index (χ4v) is 9.83. The highest BCUT2D eigenvalue weighted by molar-refractivity contribution is 9.10. The second kappa shape index (κ2) is 17.7. The Bertz CT molecular complexity index is 3680. The molecule has 314 valence electrons. The summed E-state index contributed by atoms with van der Waals surface area (Å²) in [6.45, 7) is 0. The topological polar surface area (TPSA) is 50.3 Å². The molecule has 0 saturated heterocycles. The summed E-state index contributed by atoms with van der Waals surface area (Å²) in [5, 5.41) is 24.8. The van der Waals surface area contributed by atoms with E-state index >= 15 is 0 Å². The number of nitrogens with zero attached hydrogens (tertiary/aromatic N) is 2. The molecule has 12 rings (SSSR count). The van der Waals surface area contributed by atoms with Crippen molar-refractivity contribution in [2.24, 2.45) is 0 Å². The number of hydrogen-bond donors (Lipinski definition) is 2. The van der Waals surface area contributed by atoms with E-state index in [0.717, 1.165) is 48.8 Å². The van der Waals surface area contributed by atoms with Gasteiger partial charge in [0.15, 0.2) is 0 Å². The van der Waals surface area contributed by atoms with Crippen LogP contribution < -0.4 is 5.46 Å². The van der Waals surface area contributed by atoms with Crippen LogP contribution in [0.1, 0.15) is 0 Å². The third kappa shape index (κ3) is 7.82. The summed E-state index contributed by atoms with van der Waals surface area (Å²) in [6.07, 6.45) is 0. The quantitative estimate of drug-likeness (QED) is 0.157. The SMILES string of the molecule is Brc1cc(-c2ccccc2)cc(-c2ccc3c(c2)c2ccccc2n3-c2ccccc2)c1.OB(O)c1cc(-c2ccccc2)cc(-c2ccc3c(c2)c2ccccc2n3-c2ccccc2)c1. The molecule has 2 heterocycles. The molecule has 0 radical (unpaired) electrons. The van der Waals surface area contributed by atoms with Crippen LogP contribution in [0, 0.1) is 0 Å². The molecule has 2 aromatic heterocycles. The van der Waals surface area contributed by atoms with E-state index in [2.05, 4.69) is 219 Å². The van der Waals surface area contributed by atoms with Crippen molar-refractivity contribution in [1.82, 2.24) is 9.13 Å². The molecule has 0 saturated carbocycles. The van der Waals surface area contributed by atoms with Crippen LogP contribution in [0.5, 0.6) is 0 Å². The first kappa shape index (κ1) is 41.0.